The van der Waals surface area contributed by atoms with E-state index in [9.17, 15) is 4.79 Å². The highest BCUT2D eigenvalue weighted by Crippen LogP contribution is 2.25. The predicted octanol–water partition coefficient (Wildman–Crippen LogP) is 2.27. The van der Waals surface area contributed by atoms with Gasteiger partial charge in [-0.15, -0.1) is 11.3 Å². The fourth-order valence-corrected chi connectivity index (χ4v) is 2.11. The molecule has 1 aliphatic carbocycles. The molecule has 0 bridgehead atoms. The lowest BCUT2D eigenvalue weighted by atomic mass is 9.98. The van der Waals surface area contributed by atoms with Crippen LogP contribution in [0.2, 0.25) is 0 Å². The fraction of sp³-hybridized carbons (Fsp3) is 0.375. The molecule has 1 heterocycles. The third kappa shape index (κ3) is 0.797. The van der Waals surface area contributed by atoms with E-state index in [4.69, 9.17) is 1.37 Å². The lowest BCUT2D eigenvalue weighted by molar-refractivity contribution is 0.0973. The van der Waals surface area contributed by atoms with Crippen molar-refractivity contribution in [2.45, 2.75) is 19.3 Å². The smallest absolute Gasteiger partial charge is 0.164 e. The van der Waals surface area contributed by atoms with Gasteiger partial charge in [-0.05, 0) is 24.3 Å². The van der Waals surface area contributed by atoms with Gasteiger partial charge in [0.15, 0.2) is 5.78 Å². The molecule has 0 saturated heterocycles. The molecule has 0 atom stereocenters. The van der Waals surface area contributed by atoms with Gasteiger partial charge in [0.25, 0.3) is 0 Å². The zero-order valence-corrected chi connectivity index (χ0v) is 6.33. The van der Waals surface area contributed by atoms with Crippen LogP contribution < -0.4 is 0 Å². The van der Waals surface area contributed by atoms with Crippen LogP contribution in [0.15, 0.2) is 11.4 Å². The van der Waals surface area contributed by atoms with Crippen molar-refractivity contribution < 1.29 is 6.17 Å². The molecule has 10 heavy (non-hydrogen) atoms. The lowest BCUT2D eigenvalue weighted by Crippen LogP contribution is -2.06. The maximum absolute atomic E-state index is 11.2. The fourth-order valence-electron chi connectivity index (χ4n) is 1.26. The molecule has 0 aliphatic heterocycles. The summed E-state index contributed by atoms with van der Waals surface area (Å²) < 4.78 is 7.35. The number of hydrogen-bond acceptors (Lipinski definition) is 2. The Hall–Kier alpha value is -0.630. The molecule has 0 N–H and O–H groups in total. The minimum atomic E-state index is 0.223. The van der Waals surface area contributed by atoms with E-state index < -0.39 is 0 Å². The van der Waals surface area contributed by atoms with Crippen molar-refractivity contribution in [3.8, 4) is 0 Å². The van der Waals surface area contributed by atoms with Gasteiger partial charge in [-0.1, -0.05) is 0 Å². The largest absolute Gasteiger partial charge is 0.294 e. The second kappa shape index (κ2) is 2.20. The van der Waals surface area contributed by atoms with Crippen LogP contribution in [-0.2, 0) is 6.42 Å². The molecule has 0 spiro atoms. The lowest BCUT2D eigenvalue weighted by Gasteiger charge is -2.07. The quantitative estimate of drug-likeness (QED) is 0.560. The molecular weight excluding hydrogens is 144 g/mol. The Bertz CT molecular complexity index is 303. The molecule has 0 fully saturated rings. The third-order valence-electron chi connectivity index (χ3n) is 1.79. The molecule has 0 saturated carbocycles. The number of carbonyl (C=O) groups is 1. The van der Waals surface area contributed by atoms with Crippen LogP contribution in [-0.4, -0.2) is 5.78 Å². The summed E-state index contributed by atoms with van der Waals surface area (Å²) in [7, 11) is 0. The topological polar surface area (TPSA) is 17.1 Å². The summed E-state index contributed by atoms with van der Waals surface area (Å²) in [6, 6.07) is 1.70. The number of Topliss-reactive ketones (excluding diaryl/α,β-unsaturated/α-hetero) is 1. The number of rotatable bonds is 0. The van der Waals surface area contributed by atoms with Gasteiger partial charge in [0.05, 0.1) is 1.37 Å². The minimum Gasteiger partial charge on any atom is -0.294 e. The molecule has 52 valence electrons. The Morgan fingerprint density at radius 1 is 1.60 bits per heavy atom. The van der Waals surface area contributed by atoms with Crippen molar-refractivity contribution in [2.24, 2.45) is 0 Å². The molecule has 1 aliphatic rings. The minimum absolute atomic E-state index is 0.223. The van der Waals surface area contributed by atoms with Gasteiger partial charge in [0.2, 0.25) is 0 Å². The van der Waals surface area contributed by atoms with E-state index in [1.165, 1.54) is 11.3 Å². The zero-order valence-electron chi connectivity index (χ0n) is 6.52. The second-order valence-electron chi connectivity index (χ2n) is 2.48. The molecule has 1 aromatic heterocycles. The Morgan fingerprint density at radius 3 is 3.30 bits per heavy atom. The van der Waals surface area contributed by atoms with E-state index in [0.29, 0.717) is 11.8 Å². The van der Waals surface area contributed by atoms with Crippen molar-refractivity contribution in [1.82, 2.24) is 0 Å². The number of aryl methyl sites for hydroxylation is 1. The number of ketones is 1. The van der Waals surface area contributed by atoms with E-state index in [-0.39, 0.29) is 5.78 Å². The van der Waals surface area contributed by atoms with E-state index in [1.807, 2.05) is 0 Å². The van der Waals surface area contributed by atoms with Crippen LogP contribution in [0.3, 0.4) is 0 Å². The number of thiophene rings is 1. The Morgan fingerprint density at radius 2 is 2.50 bits per heavy atom. The maximum atomic E-state index is 11.2. The van der Waals surface area contributed by atoms with E-state index in [2.05, 4.69) is 0 Å². The highest BCUT2D eigenvalue weighted by atomic mass is 32.1. The molecule has 0 radical (unpaired) electrons. The van der Waals surface area contributed by atoms with Crippen LogP contribution >= 0.6 is 11.3 Å². The molecule has 2 rings (SSSR count). The summed E-state index contributed by atoms with van der Waals surface area (Å²) in [5.41, 5.74) is 0.811. The highest BCUT2D eigenvalue weighted by Gasteiger charge is 2.16. The van der Waals surface area contributed by atoms with Crippen molar-refractivity contribution in [2.75, 3.05) is 0 Å². The molecular formula is C8H8OS. The average Bonchev–Trinajstić information content (AvgIpc) is 2.31. The summed E-state index contributed by atoms with van der Waals surface area (Å²) >= 11 is 1.44. The van der Waals surface area contributed by atoms with E-state index >= 15 is 0 Å². The summed E-state index contributed by atoms with van der Waals surface area (Å²) in [4.78, 5) is 12.3. The van der Waals surface area contributed by atoms with Crippen LogP contribution in [0.4, 0.5) is 0 Å². The van der Waals surface area contributed by atoms with Crippen LogP contribution in [0.25, 0.3) is 0 Å². The first kappa shape index (κ1) is 5.08. The molecule has 0 unspecified atom stereocenters. The Labute approximate surface area is 65.1 Å². The van der Waals surface area contributed by atoms with E-state index in [1.54, 1.807) is 6.07 Å². The van der Waals surface area contributed by atoms with Gasteiger partial charge in [0, 0.05) is 16.9 Å². The standard InChI is InChI=1S/C8H8OS/c9-7-2-1-3-8-6(7)4-5-10-8/h4-5H,1-3H2/i5T. The highest BCUT2D eigenvalue weighted by molar-refractivity contribution is 7.10. The molecule has 1 aromatic rings. The van der Waals surface area contributed by atoms with E-state index in [0.717, 1.165) is 23.3 Å². The monoisotopic (exact) mass is 154 g/mol. The zero-order chi connectivity index (χ0) is 7.84. The van der Waals surface area contributed by atoms with Gasteiger partial charge >= 0.3 is 0 Å². The molecule has 0 aromatic carbocycles. The van der Waals surface area contributed by atoms with Crippen molar-refractivity contribution in [1.29, 1.82) is 0 Å². The summed E-state index contributed by atoms with van der Waals surface area (Å²) in [6.45, 7) is 0. The Balaban J connectivity index is 2.52. The first-order valence-electron chi connectivity index (χ1n) is 3.90. The number of carbonyl (C=O) groups excluding carboxylic acids is 1. The summed E-state index contributed by atoms with van der Waals surface area (Å²) in [5.74, 6) is 0.223. The summed E-state index contributed by atoms with van der Waals surface area (Å²) in [6.07, 6.45) is 2.62. The first-order chi connectivity index (χ1) is 5.27. The molecule has 0 amide bonds. The van der Waals surface area contributed by atoms with Crippen molar-refractivity contribution >= 4 is 17.1 Å². The SMILES string of the molecule is [3H]c1cc2c(s1)CCCC2=O. The first-order valence-corrected chi connectivity index (χ1v) is 4.21. The van der Waals surface area contributed by atoms with Gasteiger partial charge in [-0.3, -0.25) is 4.79 Å². The maximum Gasteiger partial charge on any atom is 0.164 e. The van der Waals surface area contributed by atoms with Crippen LogP contribution in [0.1, 0.15) is 29.4 Å². The van der Waals surface area contributed by atoms with Crippen molar-refractivity contribution in [3.05, 3.63) is 21.9 Å². The van der Waals surface area contributed by atoms with Crippen molar-refractivity contribution in [3.63, 3.8) is 0 Å². The number of fused-ring (bicyclic) bond motifs is 1. The normalized spacial score (nSPS) is 18.4. The number of hydrogen-bond donors (Lipinski definition) is 0. The predicted molar refractivity (Wildman–Crippen MR) is 41.6 cm³/mol. The second-order valence-corrected chi connectivity index (χ2v) is 3.41. The Kier molecular flexibility index (Phi) is 1.12. The van der Waals surface area contributed by atoms with Gasteiger partial charge in [0.1, 0.15) is 0 Å². The third-order valence-corrected chi connectivity index (χ3v) is 2.70. The molecule has 2 heteroatoms. The molecule has 1 nitrogen and oxygen atoms in total. The van der Waals surface area contributed by atoms with Crippen LogP contribution in [0.5, 0.6) is 0 Å². The van der Waals surface area contributed by atoms with Gasteiger partial charge in [-0.25, -0.2) is 0 Å². The van der Waals surface area contributed by atoms with Gasteiger partial charge < -0.3 is 0 Å². The summed E-state index contributed by atoms with van der Waals surface area (Å²) in [5, 5.41) is 0.519. The average molecular weight is 154 g/mol. The van der Waals surface area contributed by atoms with Crippen LogP contribution in [0, 0.1) is 0 Å². The van der Waals surface area contributed by atoms with Gasteiger partial charge in [-0.2, -0.15) is 0 Å².